The molecule has 136 valence electrons. The van der Waals surface area contributed by atoms with E-state index in [1.165, 1.54) is 12.3 Å². The molecule has 0 spiro atoms. The molecule has 0 bridgehead atoms. The molecule has 2 aromatic carbocycles. The Morgan fingerprint density at radius 2 is 1.88 bits per heavy atom. The molecule has 0 saturated heterocycles. The zero-order chi connectivity index (χ0) is 19.6. The Morgan fingerprint density at radius 3 is 2.46 bits per heavy atom. The molecule has 0 radical (unpaired) electrons. The number of hydrogen-bond donors (Lipinski definition) is 2. The fourth-order valence-corrected chi connectivity index (χ4v) is 2.90. The summed E-state index contributed by atoms with van der Waals surface area (Å²) in [4.78, 5) is 20.3. The first-order chi connectivity index (χ1) is 12.1. The number of hydrazone groups is 1. The van der Waals surface area contributed by atoms with Crippen molar-refractivity contribution in [1.82, 2.24) is 0 Å². The Labute approximate surface area is 160 Å². The lowest BCUT2D eigenvalue weighted by molar-refractivity contribution is -0.393. The normalized spacial score (nSPS) is 10.9. The molecule has 2 rings (SSSR count). The van der Waals surface area contributed by atoms with Gasteiger partial charge in [0.2, 0.25) is 0 Å². The van der Waals surface area contributed by atoms with Crippen LogP contribution in [0.3, 0.4) is 0 Å². The maximum atomic E-state index is 11.1. The molecular weight excluding hydrogens is 432 g/mol. The summed E-state index contributed by atoms with van der Waals surface area (Å²) in [6, 6.07) is 3.13. The first-order valence-electron chi connectivity index (χ1n) is 7.04. The number of anilines is 1. The predicted octanol–water partition coefficient (Wildman–Crippen LogP) is 4.69. The van der Waals surface area contributed by atoms with Crippen molar-refractivity contribution in [2.24, 2.45) is 5.10 Å². The summed E-state index contributed by atoms with van der Waals surface area (Å²) in [5.74, 6) is -0.0758. The van der Waals surface area contributed by atoms with Gasteiger partial charge in [-0.25, -0.2) is 0 Å². The van der Waals surface area contributed by atoms with Gasteiger partial charge in [-0.3, -0.25) is 25.7 Å². The Hall–Kier alpha value is -2.72. The minimum absolute atomic E-state index is 0.0359. The Kier molecular flexibility index (Phi) is 5.78. The third kappa shape index (κ3) is 3.75. The number of nitrogens with one attached hydrogen (secondary N) is 1. The van der Waals surface area contributed by atoms with E-state index in [9.17, 15) is 25.3 Å². The number of benzene rings is 2. The Balaban J connectivity index is 2.38. The molecule has 0 aliphatic rings. The van der Waals surface area contributed by atoms with Gasteiger partial charge in [0.15, 0.2) is 0 Å². The van der Waals surface area contributed by atoms with Crippen LogP contribution < -0.4 is 5.43 Å². The SMILES string of the molecule is Cc1c(Cl)c(C)c(/C=N/Nc2ccc([N+](=O)[O-])cc2[N+](=O)[O-])c(O)c1Br. The maximum absolute atomic E-state index is 11.1. The van der Waals surface area contributed by atoms with Crippen LogP contribution in [0.5, 0.6) is 5.75 Å². The van der Waals surface area contributed by atoms with Crippen molar-refractivity contribution in [2.45, 2.75) is 13.8 Å². The smallest absolute Gasteiger partial charge is 0.301 e. The molecule has 9 nitrogen and oxygen atoms in total. The molecule has 26 heavy (non-hydrogen) atoms. The number of nitro benzene ring substituents is 2. The van der Waals surface area contributed by atoms with Crippen LogP contribution in [0.4, 0.5) is 17.1 Å². The van der Waals surface area contributed by atoms with Crippen LogP contribution in [0.1, 0.15) is 16.7 Å². The van der Waals surface area contributed by atoms with E-state index in [-0.39, 0.29) is 11.4 Å². The number of non-ortho nitro benzene ring substituents is 1. The van der Waals surface area contributed by atoms with Crippen LogP contribution in [0, 0.1) is 34.1 Å². The van der Waals surface area contributed by atoms with Crippen LogP contribution in [-0.2, 0) is 0 Å². The minimum atomic E-state index is -0.757. The van der Waals surface area contributed by atoms with Gasteiger partial charge in [-0.1, -0.05) is 11.6 Å². The highest BCUT2D eigenvalue weighted by Crippen LogP contribution is 2.38. The topological polar surface area (TPSA) is 131 Å². The van der Waals surface area contributed by atoms with Crippen LogP contribution >= 0.6 is 27.5 Å². The minimum Gasteiger partial charge on any atom is -0.506 e. The Morgan fingerprint density at radius 1 is 1.23 bits per heavy atom. The van der Waals surface area contributed by atoms with Gasteiger partial charge in [0.05, 0.1) is 26.6 Å². The van der Waals surface area contributed by atoms with E-state index >= 15 is 0 Å². The van der Waals surface area contributed by atoms with Crippen molar-refractivity contribution in [1.29, 1.82) is 0 Å². The number of hydrogen-bond acceptors (Lipinski definition) is 7. The fourth-order valence-electron chi connectivity index (χ4n) is 2.17. The number of aromatic hydroxyl groups is 1. The van der Waals surface area contributed by atoms with Gasteiger partial charge < -0.3 is 5.11 Å². The summed E-state index contributed by atoms with van der Waals surface area (Å²) in [7, 11) is 0. The van der Waals surface area contributed by atoms with Crippen molar-refractivity contribution >= 4 is 50.8 Å². The standard InChI is InChI=1S/C15H12BrClN4O5/c1-7-10(15(22)13(16)8(2)14(7)17)6-18-19-11-4-3-9(20(23)24)5-12(11)21(25)26/h3-6,19,22H,1-2H3/b18-6+. The molecule has 2 aromatic rings. The lowest BCUT2D eigenvalue weighted by Gasteiger charge is -2.12. The third-order valence-corrected chi connectivity index (χ3v) is 5.16. The molecular formula is C15H12BrClN4O5. The first kappa shape index (κ1) is 19.6. The lowest BCUT2D eigenvalue weighted by Crippen LogP contribution is -2.00. The largest absolute Gasteiger partial charge is 0.506 e. The fraction of sp³-hybridized carbons (Fsp3) is 0.133. The molecule has 2 N–H and O–H groups in total. The van der Waals surface area contributed by atoms with Crippen molar-refractivity contribution in [3.05, 3.63) is 64.6 Å². The van der Waals surface area contributed by atoms with Crippen LogP contribution in [0.2, 0.25) is 5.02 Å². The monoisotopic (exact) mass is 442 g/mol. The van der Waals surface area contributed by atoms with Crippen molar-refractivity contribution in [3.8, 4) is 5.75 Å². The Bertz CT molecular complexity index is 919. The number of halogens is 2. The summed E-state index contributed by atoms with van der Waals surface area (Å²) in [6.07, 6.45) is 1.26. The number of nitro groups is 2. The molecule has 0 amide bonds. The van der Waals surface area contributed by atoms with Crippen molar-refractivity contribution in [3.63, 3.8) is 0 Å². The second-order valence-electron chi connectivity index (χ2n) is 5.23. The molecule has 0 aliphatic carbocycles. The van der Waals surface area contributed by atoms with E-state index in [1.54, 1.807) is 13.8 Å². The van der Waals surface area contributed by atoms with Gasteiger partial charge in [0, 0.05) is 16.7 Å². The molecule has 0 saturated carbocycles. The van der Waals surface area contributed by atoms with E-state index in [1.807, 2.05) is 0 Å². The van der Waals surface area contributed by atoms with Gasteiger partial charge in [-0.2, -0.15) is 5.10 Å². The van der Waals surface area contributed by atoms with Crippen molar-refractivity contribution in [2.75, 3.05) is 5.43 Å². The summed E-state index contributed by atoms with van der Waals surface area (Å²) in [6.45, 7) is 3.43. The summed E-state index contributed by atoms with van der Waals surface area (Å²) in [5.41, 5.74) is 3.07. The second-order valence-corrected chi connectivity index (χ2v) is 6.40. The van der Waals surface area contributed by atoms with E-state index in [2.05, 4.69) is 26.5 Å². The van der Waals surface area contributed by atoms with E-state index in [4.69, 9.17) is 11.6 Å². The summed E-state index contributed by atoms with van der Waals surface area (Å²) >= 11 is 9.43. The number of phenolic OH excluding ortho intramolecular Hbond substituents is 1. The molecule has 0 heterocycles. The average Bonchev–Trinajstić information content (AvgIpc) is 2.61. The van der Waals surface area contributed by atoms with Crippen molar-refractivity contribution < 1.29 is 15.0 Å². The molecule has 0 unspecified atom stereocenters. The molecule has 11 heteroatoms. The first-order valence-corrected chi connectivity index (χ1v) is 8.21. The van der Waals surface area contributed by atoms with Crippen LogP contribution in [-0.4, -0.2) is 21.2 Å². The molecule has 0 fully saturated rings. The molecule has 0 aliphatic heterocycles. The summed E-state index contributed by atoms with van der Waals surface area (Å²) in [5, 5.41) is 36.4. The maximum Gasteiger partial charge on any atom is 0.301 e. The number of nitrogens with zero attached hydrogens (tertiary/aromatic N) is 3. The lowest BCUT2D eigenvalue weighted by atomic mass is 10.1. The predicted molar refractivity (Wildman–Crippen MR) is 101 cm³/mol. The van der Waals surface area contributed by atoms with Crippen LogP contribution in [0.15, 0.2) is 27.8 Å². The zero-order valence-corrected chi connectivity index (χ0v) is 15.8. The molecule has 0 aromatic heterocycles. The highest BCUT2D eigenvalue weighted by atomic mass is 79.9. The van der Waals surface area contributed by atoms with E-state index < -0.39 is 21.2 Å². The highest BCUT2D eigenvalue weighted by Gasteiger charge is 2.19. The second kappa shape index (κ2) is 7.67. The van der Waals surface area contributed by atoms with E-state index in [0.29, 0.717) is 26.2 Å². The third-order valence-electron chi connectivity index (χ3n) is 3.62. The number of rotatable bonds is 5. The van der Waals surface area contributed by atoms with Gasteiger partial charge in [-0.15, -0.1) is 0 Å². The van der Waals surface area contributed by atoms with Gasteiger partial charge in [0.25, 0.3) is 5.69 Å². The zero-order valence-electron chi connectivity index (χ0n) is 13.5. The van der Waals surface area contributed by atoms with E-state index in [0.717, 1.165) is 12.1 Å². The summed E-state index contributed by atoms with van der Waals surface area (Å²) < 4.78 is 0.413. The number of phenols is 1. The van der Waals surface area contributed by atoms with Gasteiger partial charge >= 0.3 is 5.69 Å². The molecule has 0 atom stereocenters. The van der Waals surface area contributed by atoms with Gasteiger partial charge in [-0.05, 0) is 47.0 Å². The van der Waals surface area contributed by atoms with Crippen LogP contribution in [0.25, 0.3) is 0 Å². The quantitative estimate of drug-likeness (QED) is 0.391. The average molecular weight is 444 g/mol. The van der Waals surface area contributed by atoms with Gasteiger partial charge in [0.1, 0.15) is 11.4 Å². The highest BCUT2D eigenvalue weighted by molar-refractivity contribution is 9.10.